The lowest BCUT2D eigenvalue weighted by Crippen LogP contribution is -2.41. The van der Waals surface area contributed by atoms with Gasteiger partial charge in [-0.1, -0.05) is 30.3 Å². The van der Waals surface area contributed by atoms with E-state index in [2.05, 4.69) is 32.3 Å². The monoisotopic (exact) mass is 355 g/mol. The van der Waals surface area contributed by atoms with Crippen molar-refractivity contribution in [3.05, 3.63) is 54.0 Å². The molecule has 0 unspecified atom stereocenters. The van der Waals surface area contributed by atoms with Crippen LogP contribution in [0.3, 0.4) is 0 Å². The van der Waals surface area contributed by atoms with E-state index in [4.69, 9.17) is 4.74 Å². The van der Waals surface area contributed by atoms with Crippen molar-refractivity contribution in [3.8, 4) is 0 Å². The lowest BCUT2D eigenvalue weighted by molar-refractivity contribution is 0.0383. The molecule has 1 aliphatic heterocycles. The van der Waals surface area contributed by atoms with E-state index in [1.165, 1.54) is 11.9 Å². The van der Waals surface area contributed by atoms with E-state index < -0.39 is 0 Å². The molecular formula is C19H25N5O2. The van der Waals surface area contributed by atoms with Gasteiger partial charge in [-0.3, -0.25) is 9.69 Å². The number of amides is 1. The minimum atomic E-state index is -0.171. The lowest BCUT2D eigenvalue weighted by atomic mass is 10.2. The van der Waals surface area contributed by atoms with Crippen LogP contribution in [-0.4, -0.2) is 67.2 Å². The lowest BCUT2D eigenvalue weighted by Gasteiger charge is -2.26. The highest BCUT2D eigenvalue weighted by atomic mass is 16.5. The molecule has 138 valence electrons. The fraction of sp³-hybridized carbons (Fsp3) is 0.421. The molecule has 1 aromatic heterocycles. The number of morpholine rings is 1. The van der Waals surface area contributed by atoms with Crippen molar-refractivity contribution in [1.82, 2.24) is 20.2 Å². The summed E-state index contributed by atoms with van der Waals surface area (Å²) in [5.41, 5.74) is 1.57. The zero-order valence-electron chi connectivity index (χ0n) is 15.1. The largest absolute Gasteiger partial charge is 0.379 e. The Labute approximate surface area is 154 Å². The van der Waals surface area contributed by atoms with Crippen LogP contribution in [0.1, 0.15) is 16.1 Å². The summed E-state index contributed by atoms with van der Waals surface area (Å²) in [7, 11) is 1.95. The summed E-state index contributed by atoms with van der Waals surface area (Å²) in [5.74, 6) is 0.553. The summed E-state index contributed by atoms with van der Waals surface area (Å²) in [5, 5.41) is 2.93. The molecule has 1 amide bonds. The number of carbonyl (C=O) groups is 1. The second kappa shape index (κ2) is 9.26. The number of aromatic nitrogens is 2. The van der Waals surface area contributed by atoms with Gasteiger partial charge in [-0.2, -0.15) is 0 Å². The summed E-state index contributed by atoms with van der Waals surface area (Å²) in [6, 6.07) is 11.9. The second-order valence-electron chi connectivity index (χ2n) is 6.31. The third kappa shape index (κ3) is 5.24. The molecule has 2 aromatic rings. The van der Waals surface area contributed by atoms with E-state index >= 15 is 0 Å². The minimum Gasteiger partial charge on any atom is -0.379 e. The first-order valence-corrected chi connectivity index (χ1v) is 8.88. The van der Waals surface area contributed by atoms with Gasteiger partial charge in [0.15, 0.2) is 0 Å². The molecule has 3 rings (SSSR count). The van der Waals surface area contributed by atoms with Gasteiger partial charge in [-0.05, 0) is 5.56 Å². The molecular weight excluding hydrogens is 330 g/mol. The number of benzene rings is 1. The molecule has 0 atom stereocenters. The van der Waals surface area contributed by atoms with E-state index in [1.54, 1.807) is 6.07 Å². The Morgan fingerprint density at radius 1 is 1.23 bits per heavy atom. The number of nitrogens with one attached hydrogen (secondary N) is 1. The molecule has 0 saturated carbocycles. The van der Waals surface area contributed by atoms with Gasteiger partial charge in [0, 0.05) is 45.8 Å². The highest BCUT2D eigenvalue weighted by molar-refractivity contribution is 5.92. The van der Waals surface area contributed by atoms with Gasteiger partial charge in [0.05, 0.1) is 13.2 Å². The molecule has 0 spiro atoms. The predicted octanol–water partition coefficient (Wildman–Crippen LogP) is 1.17. The number of rotatable bonds is 7. The summed E-state index contributed by atoms with van der Waals surface area (Å²) in [6.45, 7) is 5.48. The minimum absolute atomic E-state index is 0.171. The van der Waals surface area contributed by atoms with Crippen LogP contribution in [0.5, 0.6) is 0 Å². The zero-order chi connectivity index (χ0) is 18.2. The number of anilines is 1. The molecule has 1 aliphatic rings. The highest BCUT2D eigenvalue weighted by Crippen LogP contribution is 2.13. The fourth-order valence-corrected chi connectivity index (χ4v) is 2.86. The molecule has 7 nitrogen and oxygen atoms in total. The topological polar surface area (TPSA) is 70.6 Å². The number of carbonyl (C=O) groups excluding carboxylic acids is 1. The number of hydrogen-bond acceptors (Lipinski definition) is 6. The SMILES string of the molecule is CN(Cc1ccccc1)c1cc(C(=O)NCCN2CCOCC2)ncn1. The third-order valence-electron chi connectivity index (χ3n) is 4.36. The van der Waals surface area contributed by atoms with Crippen LogP contribution in [-0.2, 0) is 11.3 Å². The van der Waals surface area contributed by atoms with Crippen molar-refractivity contribution in [3.63, 3.8) is 0 Å². The maximum atomic E-state index is 12.4. The smallest absolute Gasteiger partial charge is 0.270 e. The molecule has 0 bridgehead atoms. The summed E-state index contributed by atoms with van der Waals surface area (Å²) in [4.78, 5) is 25.0. The molecule has 7 heteroatoms. The molecule has 26 heavy (non-hydrogen) atoms. The molecule has 2 heterocycles. The summed E-state index contributed by atoms with van der Waals surface area (Å²) in [6.07, 6.45) is 1.44. The average Bonchev–Trinajstić information content (AvgIpc) is 2.69. The summed E-state index contributed by atoms with van der Waals surface area (Å²) < 4.78 is 5.32. The van der Waals surface area contributed by atoms with Gasteiger partial charge in [0.25, 0.3) is 5.91 Å². The van der Waals surface area contributed by atoms with Gasteiger partial charge < -0.3 is 15.0 Å². The molecule has 1 fully saturated rings. The Kier molecular flexibility index (Phi) is 6.51. The maximum absolute atomic E-state index is 12.4. The second-order valence-corrected chi connectivity index (χ2v) is 6.31. The Morgan fingerprint density at radius 3 is 2.77 bits per heavy atom. The predicted molar refractivity (Wildman–Crippen MR) is 100 cm³/mol. The van der Waals surface area contributed by atoms with Crippen LogP contribution in [0.4, 0.5) is 5.82 Å². The molecule has 1 saturated heterocycles. The van der Waals surface area contributed by atoms with E-state index in [0.29, 0.717) is 12.2 Å². The van der Waals surface area contributed by atoms with Crippen LogP contribution in [0.25, 0.3) is 0 Å². The van der Waals surface area contributed by atoms with Crippen molar-refractivity contribution < 1.29 is 9.53 Å². The Hall–Kier alpha value is -2.51. The Balaban J connectivity index is 1.53. The standard InChI is InChI=1S/C19H25N5O2/c1-23(14-16-5-3-2-4-6-16)18-13-17(21-15-22-18)19(25)20-7-8-24-9-11-26-12-10-24/h2-6,13,15H,7-12,14H2,1H3,(H,20,25). The van der Waals surface area contributed by atoms with Crippen molar-refractivity contribution in [2.45, 2.75) is 6.54 Å². The average molecular weight is 355 g/mol. The first kappa shape index (κ1) is 18.3. The Bertz CT molecular complexity index is 704. The van der Waals surface area contributed by atoms with Crippen LogP contribution < -0.4 is 10.2 Å². The summed E-state index contributed by atoms with van der Waals surface area (Å²) >= 11 is 0. The van der Waals surface area contributed by atoms with Crippen molar-refractivity contribution >= 4 is 11.7 Å². The number of ether oxygens (including phenoxy) is 1. The Morgan fingerprint density at radius 2 is 2.00 bits per heavy atom. The van der Waals surface area contributed by atoms with Crippen LogP contribution >= 0.6 is 0 Å². The van der Waals surface area contributed by atoms with E-state index in [9.17, 15) is 4.79 Å². The quantitative estimate of drug-likeness (QED) is 0.804. The fourth-order valence-electron chi connectivity index (χ4n) is 2.86. The van der Waals surface area contributed by atoms with Crippen LogP contribution in [0.2, 0.25) is 0 Å². The molecule has 1 aromatic carbocycles. The van der Waals surface area contributed by atoms with Crippen LogP contribution in [0.15, 0.2) is 42.7 Å². The normalized spacial score (nSPS) is 14.8. The number of hydrogen-bond donors (Lipinski definition) is 1. The van der Waals surface area contributed by atoms with Gasteiger partial charge in [0.2, 0.25) is 0 Å². The van der Waals surface area contributed by atoms with Gasteiger partial charge in [-0.25, -0.2) is 9.97 Å². The first-order chi connectivity index (χ1) is 12.7. The van der Waals surface area contributed by atoms with Gasteiger partial charge in [-0.15, -0.1) is 0 Å². The molecule has 1 N–H and O–H groups in total. The molecule has 0 radical (unpaired) electrons. The zero-order valence-corrected chi connectivity index (χ0v) is 15.1. The first-order valence-electron chi connectivity index (χ1n) is 8.88. The third-order valence-corrected chi connectivity index (χ3v) is 4.36. The van der Waals surface area contributed by atoms with E-state index in [0.717, 1.165) is 45.2 Å². The van der Waals surface area contributed by atoms with Crippen molar-refractivity contribution in [2.75, 3.05) is 51.3 Å². The van der Waals surface area contributed by atoms with Gasteiger partial charge in [0.1, 0.15) is 17.8 Å². The van der Waals surface area contributed by atoms with Crippen molar-refractivity contribution in [1.29, 1.82) is 0 Å². The highest BCUT2D eigenvalue weighted by Gasteiger charge is 2.13. The maximum Gasteiger partial charge on any atom is 0.270 e. The molecule has 0 aliphatic carbocycles. The van der Waals surface area contributed by atoms with E-state index in [1.807, 2.05) is 30.1 Å². The van der Waals surface area contributed by atoms with Crippen LogP contribution in [0, 0.1) is 0 Å². The van der Waals surface area contributed by atoms with Crippen molar-refractivity contribution in [2.24, 2.45) is 0 Å². The number of nitrogens with zero attached hydrogens (tertiary/aromatic N) is 4. The van der Waals surface area contributed by atoms with Gasteiger partial charge >= 0.3 is 0 Å². The van der Waals surface area contributed by atoms with E-state index in [-0.39, 0.29) is 5.91 Å².